The fourth-order valence-corrected chi connectivity index (χ4v) is 4.18. The lowest BCUT2D eigenvalue weighted by molar-refractivity contribution is -0.130. The molecule has 4 heteroatoms. The zero-order chi connectivity index (χ0) is 18.2. The Morgan fingerprint density at radius 3 is 2.23 bits per heavy atom. The molecule has 1 amide bonds. The monoisotopic (exact) mass is 355 g/mol. The molecule has 1 saturated heterocycles. The van der Waals surface area contributed by atoms with Crippen LogP contribution < -0.4 is 0 Å². The van der Waals surface area contributed by atoms with Gasteiger partial charge in [-0.05, 0) is 29.9 Å². The van der Waals surface area contributed by atoms with Crippen molar-refractivity contribution in [1.82, 2.24) is 4.90 Å². The average Bonchev–Trinajstić information content (AvgIpc) is 2.97. The number of benzene rings is 2. The molecular formula is C22H23F2NO. The van der Waals surface area contributed by atoms with E-state index >= 15 is 0 Å². The molecule has 1 heterocycles. The summed E-state index contributed by atoms with van der Waals surface area (Å²) in [5, 5.41) is 0. The van der Waals surface area contributed by atoms with E-state index in [1.807, 2.05) is 48.5 Å². The molecule has 2 aliphatic rings. The summed E-state index contributed by atoms with van der Waals surface area (Å²) in [6.45, 7) is 0.674. The molecular weight excluding hydrogens is 332 g/mol. The lowest BCUT2D eigenvalue weighted by Crippen LogP contribution is -2.31. The van der Waals surface area contributed by atoms with Crippen LogP contribution >= 0.6 is 0 Å². The fourth-order valence-electron chi connectivity index (χ4n) is 4.18. The van der Waals surface area contributed by atoms with E-state index < -0.39 is 11.3 Å². The van der Waals surface area contributed by atoms with Crippen LogP contribution in [0.1, 0.15) is 36.3 Å². The summed E-state index contributed by atoms with van der Waals surface area (Å²) in [6, 6.07) is 20.1. The number of alkyl halides is 2. The Balaban J connectivity index is 1.47. The summed E-state index contributed by atoms with van der Waals surface area (Å²) in [7, 11) is 0. The lowest BCUT2D eigenvalue weighted by Gasteiger charge is -2.22. The van der Waals surface area contributed by atoms with Crippen LogP contribution in [-0.2, 0) is 11.2 Å². The number of hydrogen-bond acceptors (Lipinski definition) is 1. The highest BCUT2D eigenvalue weighted by atomic mass is 19.3. The van der Waals surface area contributed by atoms with Crippen LogP contribution in [0.3, 0.4) is 0 Å². The minimum absolute atomic E-state index is 0.00522. The molecule has 1 aliphatic carbocycles. The molecule has 136 valence electrons. The second kappa shape index (κ2) is 6.49. The van der Waals surface area contributed by atoms with Gasteiger partial charge in [0.05, 0.1) is 5.41 Å². The predicted molar refractivity (Wildman–Crippen MR) is 97.1 cm³/mol. The van der Waals surface area contributed by atoms with Crippen molar-refractivity contribution >= 4 is 5.91 Å². The van der Waals surface area contributed by atoms with Gasteiger partial charge in [-0.3, -0.25) is 4.79 Å². The van der Waals surface area contributed by atoms with Crippen molar-refractivity contribution in [1.29, 1.82) is 0 Å². The fraction of sp³-hybridized carbons (Fsp3) is 0.409. The Bertz CT molecular complexity index is 777. The first kappa shape index (κ1) is 17.2. The van der Waals surface area contributed by atoms with E-state index in [4.69, 9.17) is 0 Å². The molecule has 1 aliphatic heterocycles. The molecule has 0 aromatic heterocycles. The summed E-state index contributed by atoms with van der Waals surface area (Å²) >= 11 is 0. The van der Waals surface area contributed by atoms with Crippen molar-refractivity contribution in [2.24, 2.45) is 5.41 Å². The number of carbonyl (C=O) groups excluding carboxylic acids is 1. The number of likely N-dealkylation sites (tertiary alicyclic amines) is 1. The topological polar surface area (TPSA) is 20.3 Å². The Morgan fingerprint density at radius 2 is 1.65 bits per heavy atom. The molecule has 0 N–H and O–H groups in total. The SMILES string of the molecule is O=C(CC(Cc1ccccc1)c1ccccc1)N1CCC2(C1)CC2(F)F. The minimum atomic E-state index is -2.58. The van der Waals surface area contributed by atoms with Crippen LogP contribution in [-0.4, -0.2) is 29.8 Å². The molecule has 26 heavy (non-hydrogen) atoms. The van der Waals surface area contributed by atoms with Gasteiger partial charge in [0.25, 0.3) is 5.92 Å². The Hall–Kier alpha value is -2.23. The minimum Gasteiger partial charge on any atom is -0.342 e. The number of halogens is 2. The number of rotatable bonds is 5. The second-order valence-electron chi connectivity index (χ2n) is 7.73. The predicted octanol–water partition coefficient (Wildman–Crippen LogP) is 4.66. The van der Waals surface area contributed by atoms with Gasteiger partial charge in [-0.15, -0.1) is 0 Å². The van der Waals surface area contributed by atoms with Gasteiger partial charge in [0.2, 0.25) is 5.91 Å². The molecule has 4 rings (SSSR count). The van der Waals surface area contributed by atoms with Crippen molar-refractivity contribution in [3.63, 3.8) is 0 Å². The van der Waals surface area contributed by atoms with Gasteiger partial charge in [-0.25, -0.2) is 8.78 Å². The first-order valence-corrected chi connectivity index (χ1v) is 9.24. The van der Waals surface area contributed by atoms with E-state index in [1.54, 1.807) is 4.90 Å². The number of hydrogen-bond donors (Lipinski definition) is 0. The van der Waals surface area contributed by atoms with E-state index in [9.17, 15) is 13.6 Å². The van der Waals surface area contributed by atoms with Gasteiger partial charge >= 0.3 is 0 Å². The molecule has 2 aromatic carbocycles. The van der Waals surface area contributed by atoms with Gasteiger partial charge < -0.3 is 4.90 Å². The van der Waals surface area contributed by atoms with Crippen LogP contribution in [0.4, 0.5) is 8.78 Å². The molecule has 2 unspecified atom stereocenters. The smallest absolute Gasteiger partial charge is 0.256 e. The van der Waals surface area contributed by atoms with E-state index in [1.165, 1.54) is 5.56 Å². The maximum atomic E-state index is 13.6. The van der Waals surface area contributed by atoms with Crippen LogP contribution in [0.25, 0.3) is 0 Å². The third-order valence-corrected chi connectivity index (χ3v) is 5.93. The van der Waals surface area contributed by atoms with E-state index in [0.29, 0.717) is 19.4 Å². The van der Waals surface area contributed by atoms with Gasteiger partial charge in [-0.1, -0.05) is 60.7 Å². The molecule has 1 saturated carbocycles. The lowest BCUT2D eigenvalue weighted by atomic mass is 9.89. The third kappa shape index (κ3) is 3.25. The molecule has 2 fully saturated rings. The van der Waals surface area contributed by atoms with Gasteiger partial charge in [0.15, 0.2) is 0 Å². The molecule has 1 spiro atoms. The van der Waals surface area contributed by atoms with Crippen LogP contribution in [0.5, 0.6) is 0 Å². The van der Waals surface area contributed by atoms with Crippen molar-refractivity contribution in [3.8, 4) is 0 Å². The highest BCUT2D eigenvalue weighted by Crippen LogP contribution is 2.65. The van der Waals surface area contributed by atoms with Crippen molar-refractivity contribution in [2.45, 2.75) is 37.5 Å². The summed E-state index contributed by atoms with van der Waals surface area (Å²) in [5.74, 6) is -2.53. The summed E-state index contributed by atoms with van der Waals surface area (Å²) < 4.78 is 27.2. The largest absolute Gasteiger partial charge is 0.342 e. The quantitative estimate of drug-likeness (QED) is 0.764. The highest BCUT2D eigenvalue weighted by Gasteiger charge is 2.72. The van der Waals surface area contributed by atoms with E-state index in [2.05, 4.69) is 12.1 Å². The van der Waals surface area contributed by atoms with Crippen molar-refractivity contribution in [3.05, 3.63) is 71.8 Å². The molecule has 2 aromatic rings. The molecule has 0 bridgehead atoms. The van der Waals surface area contributed by atoms with Gasteiger partial charge in [-0.2, -0.15) is 0 Å². The highest BCUT2D eigenvalue weighted by molar-refractivity contribution is 5.77. The maximum absolute atomic E-state index is 13.6. The van der Waals surface area contributed by atoms with Gasteiger partial charge in [0.1, 0.15) is 0 Å². The van der Waals surface area contributed by atoms with Crippen molar-refractivity contribution in [2.75, 3.05) is 13.1 Å². The zero-order valence-electron chi connectivity index (χ0n) is 14.7. The van der Waals surface area contributed by atoms with Crippen molar-refractivity contribution < 1.29 is 13.6 Å². The third-order valence-electron chi connectivity index (χ3n) is 5.93. The maximum Gasteiger partial charge on any atom is 0.256 e. The first-order valence-electron chi connectivity index (χ1n) is 9.24. The average molecular weight is 355 g/mol. The summed E-state index contributed by atoms with van der Waals surface area (Å²) in [4.78, 5) is 14.5. The van der Waals surface area contributed by atoms with Crippen LogP contribution in [0, 0.1) is 5.41 Å². The zero-order valence-corrected chi connectivity index (χ0v) is 14.7. The Labute approximate surface area is 152 Å². The van der Waals surface area contributed by atoms with Gasteiger partial charge in [0, 0.05) is 25.9 Å². The Kier molecular flexibility index (Phi) is 4.29. The Morgan fingerprint density at radius 1 is 1.04 bits per heavy atom. The summed E-state index contributed by atoms with van der Waals surface area (Å²) in [5.41, 5.74) is 1.38. The first-order chi connectivity index (χ1) is 12.5. The van der Waals surface area contributed by atoms with Crippen LogP contribution in [0.15, 0.2) is 60.7 Å². The van der Waals surface area contributed by atoms with E-state index in [0.717, 1.165) is 12.0 Å². The number of carbonyl (C=O) groups is 1. The molecule has 0 radical (unpaired) electrons. The summed E-state index contributed by atoms with van der Waals surface area (Å²) in [6.07, 6.45) is 1.50. The van der Waals surface area contributed by atoms with Crippen LogP contribution in [0.2, 0.25) is 0 Å². The molecule has 2 atom stereocenters. The van der Waals surface area contributed by atoms with E-state index in [-0.39, 0.29) is 24.8 Å². The normalized spacial score (nSPS) is 24.6. The molecule has 2 nitrogen and oxygen atoms in total. The second-order valence-corrected chi connectivity index (χ2v) is 7.73. The number of nitrogens with zero attached hydrogens (tertiary/aromatic N) is 1. The standard InChI is InChI=1S/C22H23F2NO/c23-22(24)15-21(22)11-12-25(16-21)20(26)14-19(18-9-5-2-6-10-18)13-17-7-3-1-4-8-17/h1-10,19H,11-16H2. The number of amides is 1.